The molecule has 0 amide bonds. The number of hydrogen-bond acceptors (Lipinski definition) is 2. The van der Waals surface area contributed by atoms with Crippen LogP contribution in [0.2, 0.25) is 0 Å². The fraction of sp³-hybridized carbons (Fsp3) is 0.571. The maximum atomic E-state index is 9.23. The van der Waals surface area contributed by atoms with Crippen molar-refractivity contribution in [2.24, 2.45) is 5.92 Å². The first-order valence-electron chi connectivity index (χ1n) is 6.22. The van der Waals surface area contributed by atoms with Gasteiger partial charge >= 0.3 is 0 Å². The number of benzene rings is 1. The molecule has 2 heteroatoms. The maximum absolute atomic E-state index is 9.23. The van der Waals surface area contributed by atoms with Crippen LogP contribution in [0.15, 0.2) is 24.3 Å². The van der Waals surface area contributed by atoms with Crippen LogP contribution in [0.4, 0.5) is 5.69 Å². The molecule has 0 aromatic heterocycles. The van der Waals surface area contributed by atoms with E-state index < -0.39 is 0 Å². The summed E-state index contributed by atoms with van der Waals surface area (Å²) >= 11 is 0. The van der Waals surface area contributed by atoms with E-state index in [1.807, 2.05) is 7.05 Å². The van der Waals surface area contributed by atoms with Crippen LogP contribution in [0.5, 0.6) is 0 Å². The molecule has 0 radical (unpaired) electrons. The summed E-state index contributed by atoms with van der Waals surface area (Å²) < 4.78 is 0. The third kappa shape index (κ3) is 2.56. The number of anilines is 1. The zero-order valence-corrected chi connectivity index (χ0v) is 9.95. The molecule has 1 fully saturated rings. The van der Waals surface area contributed by atoms with E-state index in [2.05, 4.69) is 29.6 Å². The van der Waals surface area contributed by atoms with E-state index in [-0.39, 0.29) is 0 Å². The molecular formula is C14H21NO. The van der Waals surface area contributed by atoms with Gasteiger partial charge in [0.25, 0.3) is 0 Å². The molecule has 88 valence electrons. The van der Waals surface area contributed by atoms with Gasteiger partial charge in [0.05, 0.1) is 0 Å². The highest BCUT2D eigenvalue weighted by atomic mass is 16.3. The van der Waals surface area contributed by atoms with Gasteiger partial charge in [-0.15, -0.1) is 0 Å². The Balaban J connectivity index is 2.05. The molecule has 2 rings (SSSR count). The minimum absolute atomic E-state index is 0.352. The van der Waals surface area contributed by atoms with Gasteiger partial charge in [-0.05, 0) is 48.8 Å². The van der Waals surface area contributed by atoms with Crippen LogP contribution in [-0.2, 0) is 0 Å². The van der Waals surface area contributed by atoms with Crippen LogP contribution >= 0.6 is 0 Å². The maximum Gasteiger partial charge on any atom is 0.0459 e. The largest absolute Gasteiger partial charge is 0.396 e. The van der Waals surface area contributed by atoms with Crippen LogP contribution in [0, 0.1) is 5.92 Å². The van der Waals surface area contributed by atoms with E-state index in [0.29, 0.717) is 18.4 Å². The Morgan fingerprint density at radius 1 is 1.25 bits per heavy atom. The Hall–Kier alpha value is -1.02. The van der Waals surface area contributed by atoms with Gasteiger partial charge in [-0.25, -0.2) is 0 Å². The van der Waals surface area contributed by atoms with E-state index in [0.717, 1.165) is 6.42 Å². The summed E-state index contributed by atoms with van der Waals surface area (Å²) in [4.78, 5) is 0. The lowest BCUT2D eigenvalue weighted by molar-refractivity contribution is 0.180. The molecule has 2 N–H and O–H groups in total. The van der Waals surface area contributed by atoms with Gasteiger partial charge in [-0.2, -0.15) is 0 Å². The van der Waals surface area contributed by atoms with Gasteiger partial charge in [-0.3, -0.25) is 0 Å². The van der Waals surface area contributed by atoms with Crippen molar-refractivity contribution in [2.75, 3.05) is 19.0 Å². The van der Waals surface area contributed by atoms with Gasteiger partial charge in [0.15, 0.2) is 0 Å². The Bertz CT molecular complexity index is 320. The lowest BCUT2D eigenvalue weighted by Crippen LogP contribution is -2.17. The molecule has 2 atom stereocenters. The fourth-order valence-corrected chi connectivity index (χ4v) is 2.68. The first kappa shape index (κ1) is 11.5. The number of rotatable bonds is 3. The molecule has 2 unspecified atom stereocenters. The quantitative estimate of drug-likeness (QED) is 0.819. The highest BCUT2D eigenvalue weighted by molar-refractivity contribution is 5.44. The third-order valence-corrected chi connectivity index (χ3v) is 3.71. The lowest BCUT2D eigenvalue weighted by Gasteiger charge is -2.28. The van der Waals surface area contributed by atoms with Gasteiger partial charge < -0.3 is 10.4 Å². The molecule has 1 aliphatic rings. The average Bonchev–Trinajstić information content (AvgIpc) is 2.39. The highest BCUT2D eigenvalue weighted by Crippen LogP contribution is 2.36. The number of nitrogens with one attached hydrogen (secondary N) is 1. The summed E-state index contributed by atoms with van der Waals surface area (Å²) in [6.07, 6.45) is 4.87. The van der Waals surface area contributed by atoms with E-state index in [4.69, 9.17) is 0 Å². The molecule has 1 aliphatic carbocycles. The molecule has 1 saturated carbocycles. The first-order chi connectivity index (χ1) is 7.83. The Morgan fingerprint density at radius 2 is 2.00 bits per heavy atom. The molecule has 0 saturated heterocycles. The number of aliphatic hydroxyl groups is 1. The fourth-order valence-electron chi connectivity index (χ4n) is 2.68. The molecular weight excluding hydrogens is 198 g/mol. The van der Waals surface area contributed by atoms with Crippen LogP contribution in [0.3, 0.4) is 0 Å². The second-order valence-electron chi connectivity index (χ2n) is 4.78. The molecule has 0 spiro atoms. The summed E-state index contributed by atoms with van der Waals surface area (Å²) in [6, 6.07) is 8.71. The van der Waals surface area contributed by atoms with E-state index >= 15 is 0 Å². The minimum Gasteiger partial charge on any atom is -0.396 e. The molecule has 16 heavy (non-hydrogen) atoms. The summed E-state index contributed by atoms with van der Waals surface area (Å²) in [5.41, 5.74) is 2.59. The van der Waals surface area contributed by atoms with Gasteiger partial charge in [0.2, 0.25) is 0 Å². The molecule has 0 bridgehead atoms. The van der Waals surface area contributed by atoms with E-state index in [1.165, 1.54) is 30.5 Å². The van der Waals surface area contributed by atoms with E-state index in [9.17, 15) is 5.11 Å². The predicted molar refractivity (Wildman–Crippen MR) is 67.8 cm³/mol. The second kappa shape index (κ2) is 5.35. The van der Waals surface area contributed by atoms with Crippen molar-refractivity contribution in [3.63, 3.8) is 0 Å². The van der Waals surface area contributed by atoms with Crippen LogP contribution in [0.25, 0.3) is 0 Å². The van der Waals surface area contributed by atoms with Crippen molar-refractivity contribution >= 4 is 5.69 Å². The van der Waals surface area contributed by atoms with Crippen molar-refractivity contribution in [1.82, 2.24) is 0 Å². The summed E-state index contributed by atoms with van der Waals surface area (Å²) in [6.45, 7) is 0.352. The zero-order chi connectivity index (χ0) is 11.4. The topological polar surface area (TPSA) is 32.3 Å². The summed E-state index contributed by atoms with van der Waals surface area (Å²) in [7, 11) is 1.94. The predicted octanol–water partition coefficient (Wildman–Crippen LogP) is 2.99. The van der Waals surface area contributed by atoms with Crippen LogP contribution in [-0.4, -0.2) is 18.8 Å². The van der Waals surface area contributed by atoms with Crippen molar-refractivity contribution < 1.29 is 5.11 Å². The molecule has 0 aliphatic heterocycles. The van der Waals surface area contributed by atoms with Crippen molar-refractivity contribution in [1.29, 1.82) is 0 Å². The summed E-state index contributed by atoms with van der Waals surface area (Å²) in [5.74, 6) is 1.17. The summed E-state index contributed by atoms with van der Waals surface area (Å²) in [5, 5.41) is 12.4. The molecule has 1 aromatic rings. The molecule has 1 aromatic carbocycles. The van der Waals surface area contributed by atoms with Gasteiger partial charge in [-0.1, -0.05) is 18.6 Å². The minimum atomic E-state index is 0.352. The highest BCUT2D eigenvalue weighted by Gasteiger charge is 2.22. The van der Waals surface area contributed by atoms with Gasteiger partial charge in [0.1, 0.15) is 0 Å². The first-order valence-corrected chi connectivity index (χ1v) is 6.22. The number of aliphatic hydroxyl groups excluding tert-OH is 1. The molecule has 2 nitrogen and oxygen atoms in total. The smallest absolute Gasteiger partial charge is 0.0459 e. The average molecular weight is 219 g/mol. The van der Waals surface area contributed by atoms with E-state index in [1.54, 1.807) is 0 Å². The lowest BCUT2D eigenvalue weighted by atomic mass is 9.78. The number of hydrogen-bond donors (Lipinski definition) is 2. The standard InChI is InChI=1S/C14H21NO/c1-15-14-7-5-12(6-8-14)13-4-2-3-11(9-13)10-16/h5-8,11,13,15-16H,2-4,9-10H2,1H3. The second-order valence-corrected chi connectivity index (χ2v) is 4.78. The van der Waals surface area contributed by atoms with Crippen molar-refractivity contribution in [3.8, 4) is 0 Å². The SMILES string of the molecule is CNc1ccc(C2CCCC(CO)C2)cc1. The Kier molecular flexibility index (Phi) is 3.83. The Labute approximate surface area is 97.7 Å². The third-order valence-electron chi connectivity index (χ3n) is 3.71. The Morgan fingerprint density at radius 3 is 2.62 bits per heavy atom. The van der Waals surface area contributed by atoms with Crippen LogP contribution < -0.4 is 5.32 Å². The normalized spacial score (nSPS) is 25.4. The molecule has 0 heterocycles. The zero-order valence-electron chi connectivity index (χ0n) is 9.95. The van der Waals surface area contributed by atoms with Crippen molar-refractivity contribution in [2.45, 2.75) is 31.6 Å². The van der Waals surface area contributed by atoms with Gasteiger partial charge in [0, 0.05) is 19.3 Å². The van der Waals surface area contributed by atoms with Crippen LogP contribution in [0.1, 0.15) is 37.2 Å². The van der Waals surface area contributed by atoms with Crippen molar-refractivity contribution in [3.05, 3.63) is 29.8 Å². The monoisotopic (exact) mass is 219 g/mol.